The summed E-state index contributed by atoms with van der Waals surface area (Å²) < 4.78 is 37.0. The largest absolute Gasteiger partial charge is 0.401 e. The third-order valence-corrected chi connectivity index (χ3v) is 4.59. The summed E-state index contributed by atoms with van der Waals surface area (Å²) in [4.78, 5) is 4.03. The first-order chi connectivity index (χ1) is 9.96. The summed E-state index contributed by atoms with van der Waals surface area (Å²) in [5.41, 5.74) is 0. The molecule has 2 aliphatic rings. The van der Waals surface area contributed by atoms with Crippen molar-refractivity contribution in [3.05, 3.63) is 0 Å². The van der Waals surface area contributed by atoms with Gasteiger partial charge in [0.25, 0.3) is 0 Å². The molecule has 0 atom stereocenters. The fourth-order valence-corrected chi connectivity index (χ4v) is 3.48. The van der Waals surface area contributed by atoms with Gasteiger partial charge in [-0.05, 0) is 64.8 Å². The number of halogens is 3. The fourth-order valence-electron chi connectivity index (χ4n) is 3.48. The Balaban J connectivity index is 1.63. The lowest BCUT2D eigenvalue weighted by Crippen LogP contribution is -2.50. The third-order valence-electron chi connectivity index (χ3n) is 4.59. The van der Waals surface area contributed by atoms with E-state index in [-0.39, 0.29) is 0 Å². The van der Waals surface area contributed by atoms with Crippen LogP contribution in [0.15, 0.2) is 0 Å². The number of hydrogen-bond acceptors (Lipinski definition) is 3. The fraction of sp³-hybridized carbons (Fsp3) is 1.00. The molecule has 0 radical (unpaired) electrons. The highest BCUT2D eigenvalue weighted by molar-refractivity contribution is 4.84. The van der Waals surface area contributed by atoms with Crippen molar-refractivity contribution in [2.75, 3.05) is 39.3 Å². The van der Waals surface area contributed by atoms with E-state index in [1.807, 2.05) is 0 Å². The van der Waals surface area contributed by atoms with E-state index in [1.54, 1.807) is 0 Å². The molecule has 0 saturated carbocycles. The molecule has 6 heteroatoms. The van der Waals surface area contributed by atoms with Gasteiger partial charge in [-0.25, -0.2) is 0 Å². The number of piperidine rings is 2. The van der Waals surface area contributed by atoms with E-state index in [2.05, 4.69) is 17.1 Å². The van der Waals surface area contributed by atoms with E-state index in [0.717, 1.165) is 25.9 Å². The van der Waals surface area contributed by atoms with Gasteiger partial charge in [-0.1, -0.05) is 6.92 Å². The van der Waals surface area contributed by atoms with E-state index >= 15 is 0 Å². The molecule has 0 unspecified atom stereocenters. The van der Waals surface area contributed by atoms with Crippen molar-refractivity contribution in [1.82, 2.24) is 15.1 Å². The van der Waals surface area contributed by atoms with Gasteiger partial charge in [-0.2, -0.15) is 13.2 Å². The second-order valence-electron chi connectivity index (χ2n) is 6.45. The maximum Gasteiger partial charge on any atom is 0.401 e. The molecule has 0 spiro atoms. The van der Waals surface area contributed by atoms with Crippen molar-refractivity contribution in [3.8, 4) is 0 Å². The summed E-state index contributed by atoms with van der Waals surface area (Å²) in [7, 11) is 0. The van der Waals surface area contributed by atoms with E-state index < -0.39 is 12.7 Å². The van der Waals surface area contributed by atoms with Gasteiger partial charge in [0.2, 0.25) is 0 Å². The molecule has 2 saturated heterocycles. The topological polar surface area (TPSA) is 18.5 Å². The Bertz CT molecular complexity index is 293. The van der Waals surface area contributed by atoms with Crippen LogP contribution in [0.3, 0.4) is 0 Å². The van der Waals surface area contributed by atoms with Crippen LogP contribution in [0.1, 0.15) is 39.0 Å². The highest BCUT2D eigenvalue weighted by atomic mass is 19.4. The first-order valence-electron chi connectivity index (χ1n) is 8.24. The number of nitrogens with zero attached hydrogens (tertiary/aromatic N) is 2. The molecule has 2 aliphatic heterocycles. The molecule has 124 valence electrons. The van der Waals surface area contributed by atoms with Gasteiger partial charge < -0.3 is 10.2 Å². The van der Waals surface area contributed by atoms with Gasteiger partial charge in [-0.15, -0.1) is 0 Å². The average Bonchev–Trinajstić information content (AvgIpc) is 2.42. The maximum absolute atomic E-state index is 12.3. The van der Waals surface area contributed by atoms with Crippen LogP contribution >= 0.6 is 0 Å². The SMILES string of the molecule is CCCN1CCC(NC2CCN(CC(F)(F)F)CC2)CC1. The van der Waals surface area contributed by atoms with Gasteiger partial charge in [-0.3, -0.25) is 4.90 Å². The van der Waals surface area contributed by atoms with Crippen molar-refractivity contribution < 1.29 is 13.2 Å². The molecule has 2 fully saturated rings. The van der Waals surface area contributed by atoms with Crippen LogP contribution in [0.25, 0.3) is 0 Å². The van der Waals surface area contributed by atoms with Gasteiger partial charge in [0.05, 0.1) is 6.54 Å². The lowest BCUT2D eigenvalue weighted by atomic mass is 9.99. The van der Waals surface area contributed by atoms with Crippen LogP contribution in [-0.2, 0) is 0 Å². The predicted octanol–water partition coefficient (Wildman–Crippen LogP) is 2.48. The van der Waals surface area contributed by atoms with E-state index in [9.17, 15) is 13.2 Å². The van der Waals surface area contributed by atoms with Crippen LogP contribution in [0.4, 0.5) is 13.2 Å². The number of nitrogens with one attached hydrogen (secondary N) is 1. The third kappa shape index (κ3) is 6.12. The summed E-state index contributed by atoms with van der Waals surface area (Å²) in [6.07, 6.45) is 1.16. The zero-order valence-electron chi connectivity index (χ0n) is 13.0. The minimum atomic E-state index is -4.06. The van der Waals surface area contributed by atoms with Gasteiger partial charge in [0, 0.05) is 12.1 Å². The van der Waals surface area contributed by atoms with Crippen molar-refractivity contribution in [3.63, 3.8) is 0 Å². The summed E-state index contributed by atoms with van der Waals surface area (Å²) in [5, 5.41) is 3.67. The van der Waals surface area contributed by atoms with Gasteiger partial charge >= 0.3 is 6.18 Å². The Morgan fingerprint density at radius 2 is 1.38 bits per heavy atom. The van der Waals surface area contributed by atoms with E-state index in [1.165, 1.54) is 30.7 Å². The molecule has 1 N–H and O–H groups in total. The summed E-state index contributed by atoms with van der Waals surface area (Å²) >= 11 is 0. The lowest BCUT2D eigenvalue weighted by molar-refractivity contribution is -0.148. The van der Waals surface area contributed by atoms with Crippen LogP contribution < -0.4 is 5.32 Å². The zero-order valence-corrected chi connectivity index (χ0v) is 13.0. The Morgan fingerprint density at radius 1 is 0.905 bits per heavy atom. The molecular formula is C15H28F3N3. The summed E-state index contributed by atoms with van der Waals surface area (Å²) in [6.45, 7) is 6.06. The summed E-state index contributed by atoms with van der Waals surface area (Å²) in [6, 6.07) is 0.953. The lowest BCUT2D eigenvalue weighted by Gasteiger charge is -2.38. The Morgan fingerprint density at radius 3 is 1.81 bits per heavy atom. The highest BCUT2D eigenvalue weighted by Gasteiger charge is 2.33. The Labute approximate surface area is 125 Å². The molecule has 3 nitrogen and oxygen atoms in total. The molecule has 0 aliphatic carbocycles. The second kappa shape index (κ2) is 7.79. The van der Waals surface area contributed by atoms with Gasteiger partial charge in [0.1, 0.15) is 0 Å². The first-order valence-corrected chi connectivity index (χ1v) is 8.24. The smallest absolute Gasteiger partial charge is 0.311 e. The number of alkyl halides is 3. The molecule has 0 aromatic heterocycles. The van der Waals surface area contributed by atoms with Crippen molar-refractivity contribution in [2.24, 2.45) is 0 Å². The highest BCUT2D eigenvalue weighted by Crippen LogP contribution is 2.21. The molecule has 21 heavy (non-hydrogen) atoms. The monoisotopic (exact) mass is 307 g/mol. The number of likely N-dealkylation sites (tertiary alicyclic amines) is 2. The van der Waals surface area contributed by atoms with Crippen LogP contribution in [-0.4, -0.2) is 67.3 Å². The minimum Gasteiger partial charge on any atom is -0.311 e. The summed E-state index contributed by atoms with van der Waals surface area (Å²) in [5.74, 6) is 0. The second-order valence-corrected chi connectivity index (χ2v) is 6.45. The number of rotatable bonds is 5. The molecular weight excluding hydrogens is 279 g/mol. The van der Waals surface area contributed by atoms with Crippen LogP contribution in [0.5, 0.6) is 0 Å². The van der Waals surface area contributed by atoms with Crippen molar-refractivity contribution in [1.29, 1.82) is 0 Å². The van der Waals surface area contributed by atoms with Crippen molar-refractivity contribution in [2.45, 2.75) is 57.3 Å². The van der Waals surface area contributed by atoms with Crippen LogP contribution in [0.2, 0.25) is 0 Å². The molecule has 0 amide bonds. The number of hydrogen-bond donors (Lipinski definition) is 1. The quantitative estimate of drug-likeness (QED) is 0.842. The first kappa shape index (κ1) is 17.0. The Kier molecular flexibility index (Phi) is 6.32. The molecule has 0 aromatic rings. The van der Waals surface area contributed by atoms with Crippen molar-refractivity contribution >= 4 is 0 Å². The normalized spacial score (nSPS) is 24.6. The van der Waals surface area contributed by atoms with E-state index in [4.69, 9.17) is 0 Å². The molecule has 2 rings (SSSR count). The maximum atomic E-state index is 12.3. The standard InChI is InChI=1S/C15H28F3N3/c1-2-7-20-8-3-13(4-9-20)19-14-5-10-21(11-6-14)12-15(16,17)18/h13-14,19H,2-12H2,1H3. The Hall–Kier alpha value is -0.330. The minimum absolute atomic E-state index is 0.400. The molecule has 0 bridgehead atoms. The molecule has 0 aromatic carbocycles. The van der Waals surface area contributed by atoms with E-state index in [0.29, 0.717) is 25.2 Å². The predicted molar refractivity (Wildman–Crippen MR) is 78.4 cm³/mol. The van der Waals surface area contributed by atoms with Gasteiger partial charge in [0.15, 0.2) is 0 Å². The van der Waals surface area contributed by atoms with Crippen LogP contribution in [0, 0.1) is 0 Å². The molecule has 2 heterocycles. The average molecular weight is 307 g/mol. The zero-order chi connectivity index (χ0) is 15.3.